The molecule has 0 bridgehead atoms. The third-order valence-electron chi connectivity index (χ3n) is 4.29. The predicted octanol–water partition coefficient (Wildman–Crippen LogP) is 3.72. The minimum absolute atomic E-state index is 0. The minimum atomic E-state index is 0. The smallest absolute Gasteiger partial charge is 0.228 e. The summed E-state index contributed by atoms with van der Waals surface area (Å²) in [6, 6.07) is 8.66. The van der Waals surface area contributed by atoms with Crippen LogP contribution in [0.3, 0.4) is 0 Å². The molecule has 1 fully saturated rings. The number of nitrogens with zero attached hydrogens (tertiary/aromatic N) is 2. The van der Waals surface area contributed by atoms with Gasteiger partial charge in [-0.3, -0.25) is 4.79 Å². The van der Waals surface area contributed by atoms with E-state index in [9.17, 15) is 4.79 Å². The van der Waals surface area contributed by atoms with Gasteiger partial charge in [-0.15, -0.1) is 36.2 Å². The summed E-state index contributed by atoms with van der Waals surface area (Å²) >= 11 is 1.61. The minimum Gasteiger partial charge on any atom is -0.338 e. The van der Waals surface area contributed by atoms with E-state index < -0.39 is 0 Å². The van der Waals surface area contributed by atoms with Gasteiger partial charge >= 0.3 is 0 Å². The number of amides is 1. The Morgan fingerprint density at radius 2 is 2.20 bits per heavy atom. The second kappa shape index (κ2) is 10.1. The first kappa shape index (κ1) is 21.9. The van der Waals surface area contributed by atoms with Gasteiger partial charge in [-0.25, -0.2) is 4.98 Å². The molecule has 1 atom stereocenters. The van der Waals surface area contributed by atoms with Crippen LogP contribution in [0, 0.1) is 6.92 Å². The molecular formula is C18H25Cl2N3OS. The van der Waals surface area contributed by atoms with E-state index >= 15 is 0 Å². The zero-order valence-corrected chi connectivity index (χ0v) is 17.0. The largest absolute Gasteiger partial charge is 0.338 e. The topological polar surface area (TPSA) is 45.2 Å². The standard InChI is InChI=1S/C18H23N3OS.2ClH/c1-13-5-3-6-14(9-13)18-20-15(12-23-18)10-17(22)21-8-4-7-16(21)11-19-2;;/h3,5-6,9,12,16,19H,4,7-8,10-11H2,1-2H3;2*1H. The molecule has 0 radical (unpaired) electrons. The maximum atomic E-state index is 12.6. The molecule has 0 saturated carbocycles. The SMILES string of the molecule is CNCC1CCCN1C(=O)Cc1csc(-c2cccc(C)c2)n1.Cl.Cl. The number of hydrogen-bond donors (Lipinski definition) is 1. The van der Waals surface area contributed by atoms with Crippen molar-refractivity contribution in [2.75, 3.05) is 20.1 Å². The van der Waals surface area contributed by atoms with E-state index in [4.69, 9.17) is 0 Å². The predicted molar refractivity (Wildman–Crippen MR) is 109 cm³/mol. The number of halogens is 2. The van der Waals surface area contributed by atoms with Crippen molar-refractivity contribution in [3.63, 3.8) is 0 Å². The van der Waals surface area contributed by atoms with Crippen LogP contribution in [0.4, 0.5) is 0 Å². The number of thiazole rings is 1. The Hall–Kier alpha value is -1.14. The molecule has 3 rings (SSSR count). The molecule has 1 aromatic heterocycles. The molecule has 0 spiro atoms. The summed E-state index contributed by atoms with van der Waals surface area (Å²) in [6.45, 7) is 3.83. The first-order chi connectivity index (χ1) is 11.2. The number of carbonyl (C=O) groups is 1. The van der Waals surface area contributed by atoms with Crippen molar-refractivity contribution in [3.05, 3.63) is 40.9 Å². The van der Waals surface area contributed by atoms with Crippen LogP contribution in [-0.4, -0.2) is 42.0 Å². The fraction of sp³-hybridized carbons (Fsp3) is 0.444. The van der Waals surface area contributed by atoms with Crippen LogP contribution >= 0.6 is 36.2 Å². The van der Waals surface area contributed by atoms with Gasteiger partial charge in [-0.05, 0) is 32.9 Å². The summed E-state index contributed by atoms with van der Waals surface area (Å²) in [5.41, 5.74) is 3.23. The quantitative estimate of drug-likeness (QED) is 0.829. The molecule has 1 unspecified atom stereocenters. The number of carbonyl (C=O) groups excluding carboxylic acids is 1. The second-order valence-electron chi connectivity index (χ2n) is 6.13. The number of benzene rings is 1. The lowest BCUT2D eigenvalue weighted by Crippen LogP contribution is -2.41. The molecule has 1 aromatic carbocycles. The van der Waals surface area contributed by atoms with Crippen molar-refractivity contribution in [1.29, 1.82) is 0 Å². The van der Waals surface area contributed by atoms with E-state index in [1.165, 1.54) is 5.56 Å². The summed E-state index contributed by atoms with van der Waals surface area (Å²) in [6.07, 6.45) is 2.60. The highest BCUT2D eigenvalue weighted by atomic mass is 35.5. The number of likely N-dealkylation sites (N-methyl/N-ethyl adjacent to an activating group) is 1. The molecule has 4 nitrogen and oxygen atoms in total. The van der Waals surface area contributed by atoms with Crippen molar-refractivity contribution in [2.45, 2.75) is 32.2 Å². The van der Waals surface area contributed by atoms with Crippen LogP contribution in [-0.2, 0) is 11.2 Å². The first-order valence-electron chi connectivity index (χ1n) is 8.13. The molecule has 1 N–H and O–H groups in total. The van der Waals surface area contributed by atoms with E-state index in [1.807, 2.05) is 23.4 Å². The Balaban J connectivity index is 0.00000156. The fourth-order valence-electron chi connectivity index (χ4n) is 3.17. The van der Waals surface area contributed by atoms with Gasteiger partial charge in [0.05, 0.1) is 12.1 Å². The summed E-state index contributed by atoms with van der Waals surface area (Å²) in [7, 11) is 1.94. The zero-order chi connectivity index (χ0) is 16.2. The van der Waals surface area contributed by atoms with E-state index in [0.29, 0.717) is 12.5 Å². The third-order valence-corrected chi connectivity index (χ3v) is 5.23. The van der Waals surface area contributed by atoms with Gasteiger partial charge in [-0.2, -0.15) is 0 Å². The van der Waals surface area contributed by atoms with Crippen molar-refractivity contribution >= 4 is 42.1 Å². The molecule has 1 amide bonds. The highest BCUT2D eigenvalue weighted by Gasteiger charge is 2.28. The van der Waals surface area contributed by atoms with Crippen molar-refractivity contribution in [2.24, 2.45) is 0 Å². The molecule has 2 heterocycles. The van der Waals surface area contributed by atoms with E-state index in [0.717, 1.165) is 42.2 Å². The van der Waals surface area contributed by atoms with E-state index in [2.05, 4.69) is 35.4 Å². The Labute approximate surface area is 165 Å². The molecule has 1 saturated heterocycles. The van der Waals surface area contributed by atoms with Gasteiger partial charge < -0.3 is 10.2 Å². The summed E-state index contributed by atoms with van der Waals surface area (Å²) in [5.74, 6) is 0.198. The van der Waals surface area contributed by atoms with Gasteiger partial charge in [0.2, 0.25) is 5.91 Å². The molecule has 25 heavy (non-hydrogen) atoms. The van der Waals surface area contributed by atoms with E-state index in [-0.39, 0.29) is 30.7 Å². The lowest BCUT2D eigenvalue weighted by molar-refractivity contribution is -0.131. The fourth-order valence-corrected chi connectivity index (χ4v) is 3.98. The maximum Gasteiger partial charge on any atom is 0.228 e. The Morgan fingerprint density at radius 1 is 1.40 bits per heavy atom. The van der Waals surface area contributed by atoms with Crippen LogP contribution in [0.15, 0.2) is 29.6 Å². The van der Waals surface area contributed by atoms with Crippen LogP contribution in [0.1, 0.15) is 24.1 Å². The second-order valence-corrected chi connectivity index (χ2v) is 6.99. The average molecular weight is 402 g/mol. The number of rotatable bonds is 5. The van der Waals surface area contributed by atoms with E-state index in [1.54, 1.807) is 11.3 Å². The number of nitrogens with one attached hydrogen (secondary N) is 1. The van der Waals surface area contributed by atoms with Gasteiger partial charge in [0.1, 0.15) is 5.01 Å². The van der Waals surface area contributed by atoms with Crippen LogP contribution in [0.2, 0.25) is 0 Å². The Kier molecular flexibility index (Phi) is 8.86. The maximum absolute atomic E-state index is 12.6. The van der Waals surface area contributed by atoms with Crippen LogP contribution < -0.4 is 5.32 Å². The van der Waals surface area contributed by atoms with Gasteiger partial charge in [0.25, 0.3) is 0 Å². The average Bonchev–Trinajstić information content (AvgIpc) is 3.17. The first-order valence-corrected chi connectivity index (χ1v) is 9.01. The van der Waals surface area contributed by atoms with Gasteiger partial charge in [0, 0.05) is 30.1 Å². The van der Waals surface area contributed by atoms with Crippen molar-refractivity contribution in [1.82, 2.24) is 15.2 Å². The third kappa shape index (κ3) is 5.42. The summed E-state index contributed by atoms with van der Waals surface area (Å²) in [4.78, 5) is 19.2. The number of hydrogen-bond acceptors (Lipinski definition) is 4. The molecule has 7 heteroatoms. The Morgan fingerprint density at radius 3 is 2.92 bits per heavy atom. The van der Waals surface area contributed by atoms with Gasteiger partial charge in [-0.1, -0.05) is 23.8 Å². The van der Waals surface area contributed by atoms with Crippen LogP contribution in [0.25, 0.3) is 10.6 Å². The molecule has 0 aliphatic carbocycles. The zero-order valence-electron chi connectivity index (χ0n) is 14.5. The molecule has 2 aromatic rings. The lowest BCUT2D eigenvalue weighted by Gasteiger charge is -2.24. The number of aromatic nitrogens is 1. The summed E-state index contributed by atoms with van der Waals surface area (Å²) in [5, 5.41) is 6.18. The molecular weight excluding hydrogens is 377 g/mol. The molecule has 1 aliphatic rings. The normalized spacial score (nSPS) is 16.2. The highest BCUT2D eigenvalue weighted by Crippen LogP contribution is 2.25. The Bertz CT molecular complexity index is 692. The monoisotopic (exact) mass is 401 g/mol. The molecule has 1 aliphatic heterocycles. The highest BCUT2D eigenvalue weighted by molar-refractivity contribution is 7.13. The number of aryl methyl sites for hydroxylation is 1. The molecule has 138 valence electrons. The van der Waals surface area contributed by atoms with Gasteiger partial charge in [0.15, 0.2) is 0 Å². The van der Waals surface area contributed by atoms with Crippen LogP contribution in [0.5, 0.6) is 0 Å². The van der Waals surface area contributed by atoms with Crippen molar-refractivity contribution in [3.8, 4) is 10.6 Å². The van der Waals surface area contributed by atoms with Crippen molar-refractivity contribution < 1.29 is 4.79 Å². The lowest BCUT2D eigenvalue weighted by atomic mass is 10.1. The number of likely N-dealkylation sites (tertiary alicyclic amines) is 1. The summed E-state index contributed by atoms with van der Waals surface area (Å²) < 4.78 is 0.